The van der Waals surface area contributed by atoms with E-state index in [2.05, 4.69) is 17.6 Å². The Bertz CT molecular complexity index is 327. The van der Waals surface area contributed by atoms with Crippen molar-refractivity contribution in [2.45, 2.75) is 19.6 Å². The summed E-state index contributed by atoms with van der Waals surface area (Å²) in [6, 6.07) is 10.1. The number of carbonyl (C=O) groups excluding carboxylic acids is 1. The minimum absolute atomic E-state index is 0.0772. The van der Waals surface area contributed by atoms with Crippen molar-refractivity contribution in [1.29, 1.82) is 0 Å². The number of carbonyl (C=O) groups is 1. The van der Waals surface area contributed by atoms with Crippen molar-refractivity contribution in [2.75, 3.05) is 12.4 Å². The molecule has 0 heterocycles. The Balaban J connectivity index is 2.08. The molecule has 0 radical (unpaired) electrons. The molecule has 1 aromatic carbocycles. The molecule has 0 unspecified atom stereocenters. The molecule has 0 spiro atoms. The molecule has 0 saturated carbocycles. The van der Waals surface area contributed by atoms with E-state index in [9.17, 15) is 4.79 Å². The van der Waals surface area contributed by atoms with Gasteiger partial charge in [0.15, 0.2) is 0 Å². The molecule has 0 aliphatic heterocycles. The van der Waals surface area contributed by atoms with Crippen molar-refractivity contribution in [3.8, 4) is 0 Å². The van der Waals surface area contributed by atoms with Gasteiger partial charge in [-0.2, -0.15) is 0 Å². The molecule has 3 nitrogen and oxygen atoms in total. The van der Waals surface area contributed by atoms with Crippen molar-refractivity contribution in [3.63, 3.8) is 0 Å². The van der Waals surface area contributed by atoms with E-state index < -0.39 is 0 Å². The first-order chi connectivity index (χ1) is 8.18. The van der Waals surface area contributed by atoms with Crippen LogP contribution in [-0.4, -0.2) is 18.3 Å². The van der Waals surface area contributed by atoms with Crippen molar-refractivity contribution in [3.05, 3.63) is 35.9 Å². The van der Waals surface area contributed by atoms with Gasteiger partial charge in [0.25, 0.3) is 5.91 Å². The highest BCUT2D eigenvalue weighted by Crippen LogP contribution is 2.10. The molecule has 0 fully saturated rings. The fourth-order valence-corrected chi connectivity index (χ4v) is 1.93. The smallest absolute Gasteiger partial charge is 0.253 e. The van der Waals surface area contributed by atoms with Gasteiger partial charge in [-0.25, -0.2) is 5.48 Å². The summed E-state index contributed by atoms with van der Waals surface area (Å²) in [6.45, 7) is 4.63. The fraction of sp³-hybridized carbons (Fsp3) is 0.462. The number of benzene rings is 1. The molecule has 0 aliphatic carbocycles. The van der Waals surface area contributed by atoms with Gasteiger partial charge in [0.1, 0.15) is 0 Å². The van der Waals surface area contributed by atoms with E-state index in [0.717, 1.165) is 5.75 Å². The van der Waals surface area contributed by atoms with Gasteiger partial charge in [0.2, 0.25) is 0 Å². The van der Waals surface area contributed by atoms with Crippen LogP contribution in [0.2, 0.25) is 0 Å². The Morgan fingerprint density at radius 3 is 2.71 bits per heavy atom. The zero-order valence-electron chi connectivity index (χ0n) is 10.3. The van der Waals surface area contributed by atoms with Crippen molar-refractivity contribution >= 4 is 17.7 Å². The predicted octanol–water partition coefficient (Wildman–Crippen LogP) is 2.62. The van der Waals surface area contributed by atoms with E-state index in [1.165, 1.54) is 5.56 Å². The quantitative estimate of drug-likeness (QED) is 0.759. The standard InChI is InChI=1S/C13H19NO2S/c1-11(2)8-16-14-13(15)10-17-9-12-6-4-3-5-7-12/h3-7,11H,8-10H2,1-2H3,(H,14,15). The van der Waals surface area contributed by atoms with Gasteiger partial charge in [-0.1, -0.05) is 44.2 Å². The van der Waals surface area contributed by atoms with Crippen LogP contribution in [0.25, 0.3) is 0 Å². The van der Waals surface area contributed by atoms with Crippen molar-refractivity contribution < 1.29 is 9.63 Å². The minimum Gasteiger partial charge on any atom is -0.273 e. The monoisotopic (exact) mass is 253 g/mol. The van der Waals surface area contributed by atoms with Crippen LogP contribution in [0.1, 0.15) is 19.4 Å². The first-order valence-electron chi connectivity index (χ1n) is 5.71. The van der Waals surface area contributed by atoms with Crippen LogP contribution >= 0.6 is 11.8 Å². The number of hydrogen-bond donors (Lipinski definition) is 1. The van der Waals surface area contributed by atoms with E-state index in [0.29, 0.717) is 18.3 Å². The average molecular weight is 253 g/mol. The van der Waals surface area contributed by atoms with Crippen LogP contribution in [0.5, 0.6) is 0 Å². The highest BCUT2D eigenvalue weighted by Gasteiger charge is 2.02. The lowest BCUT2D eigenvalue weighted by molar-refractivity contribution is -0.131. The summed E-state index contributed by atoms with van der Waals surface area (Å²) in [7, 11) is 0. The largest absolute Gasteiger partial charge is 0.273 e. The fourth-order valence-electron chi connectivity index (χ4n) is 1.15. The van der Waals surface area contributed by atoms with Crippen molar-refractivity contribution in [1.82, 2.24) is 5.48 Å². The highest BCUT2D eigenvalue weighted by atomic mass is 32.2. The number of hydroxylamine groups is 1. The van der Waals surface area contributed by atoms with Crippen LogP contribution in [0.15, 0.2) is 30.3 Å². The van der Waals surface area contributed by atoms with Gasteiger partial charge >= 0.3 is 0 Å². The van der Waals surface area contributed by atoms with Crippen LogP contribution < -0.4 is 5.48 Å². The summed E-state index contributed by atoms with van der Waals surface area (Å²) < 4.78 is 0. The lowest BCUT2D eigenvalue weighted by atomic mass is 10.2. The molecule has 0 bridgehead atoms. The third kappa shape index (κ3) is 7.02. The summed E-state index contributed by atoms with van der Waals surface area (Å²) in [6.07, 6.45) is 0. The number of nitrogens with one attached hydrogen (secondary N) is 1. The van der Waals surface area contributed by atoms with E-state index in [1.54, 1.807) is 11.8 Å². The number of rotatable bonds is 7. The molecule has 1 aromatic rings. The lowest BCUT2D eigenvalue weighted by Gasteiger charge is -2.07. The Morgan fingerprint density at radius 2 is 2.06 bits per heavy atom. The second-order valence-corrected chi connectivity index (χ2v) is 5.19. The SMILES string of the molecule is CC(C)CONC(=O)CSCc1ccccc1. The maximum Gasteiger partial charge on any atom is 0.253 e. The van der Waals surface area contributed by atoms with Crippen LogP contribution in [-0.2, 0) is 15.4 Å². The van der Waals surface area contributed by atoms with E-state index >= 15 is 0 Å². The average Bonchev–Trinajstić information content (AvgIpc) is 2.30. The topological polar surface area (TPSA) is 38.3 Å². The van der Waals surface area contributed by atoms with Crippen molar-refractivity contribution in [2.24, 2.45) is 5.92 Å². The molecule has 0 aromatic heterocycles. The molecule has 0 aliphatic rings. The van der Waals surface area contributed by atoms with Crippen LogP contribution in [0.4, 0.5) is 0 Å². The predicted molar refractivity (Wildman–Crippen MR) is 71.5 cm³/mol. The maximum absolute atomic E-state index is 11.4. The Hall–Kier alpha value is -1.00. The first kappa shape index (κ1) is 14.1. The third-order valence-electron chi connectivity index (χ3n) is 1.95. The van der Waals surface area contributed by atoms with E-state index in [-0.39, 0.29) is 5.91 Å². The Morgan fingerprint density at radius 1 is 1.35 bits per heavy atom. The normalized spacial score (nSPS) is 10.5. The number of amides is 1. The summed E-state index contributed by atoms with van der Waals surface area (Å²) in [4.78, 5) is 16.4. The molecule has 4 heteroatoms. The first-order valence-corrected chi connectivity index (χ1v) is 6.86. The zero-order valence-corrected chi connectivity index (χ0v) is 11.1. The molecule has 94 valence electrons. The van der Waals surface area contributed by atoms with Gasteiger partial charge in [-0.15, -0.1) is 11.8 Å². The third-order valence-corrected chi connectivity index (χ3v) is 2.95. The molecule has 1 amide bonds. The molecule has 0 saturated heterocycles. The van der Waals surface area contributed by atoms with Crippen LogP contribution in [0.3, 0.4) is 0 Å². The van der Waals surface area contributed by atoms with E-state index in [4.69, 9.17) is 4.84 Å². The summed E-state index contributed by atoms with van der Waals surface area (Å²) in [5.41, 5.74) is 3.67. The second kappa shape index (κ2) is 8.14. The number of hydrogen-bond acceptors (Lipinski definition) is 3. The van der Waals surface area contributed by atoms with Gasteiger partial charge < -0.3 is 0 Å². The minimum atomic E-state index is -0.0772. The molecule has 1 N–H and O–H groups in total. The van der Waals surface area contributed by atoms with Gasteiger partial charge in [-0.05, 0) is 11.5 Å². The van der Waals surface area contributed by atoms with E-state index in [1.807, 2.05) is 32.0 Å². The molecule has 17 heavy (non-hydrogen) atoms. The van der Waals surface area contributed by atoms with Gasteiger partial charge in [0, 0.05) is 5.75 Å². The number of thioether (sulfide) groups is 1. The second-order valence-electron chi connectivity index (χ2n) is 4.21. The molecular formula is C13H19NO2S. The molecular weight excluding hydrogens is 234 g/mol. The summed E-state index contributed by atoms with van der Waals surface area (Å²) >= 11 is 1.58. The zero-order chi connectivity index (χ0) is 12.5. The summed E-state index contributed by atoms with van der Waals surface area (Å²) in [5, 5.41) is 0. The molecule has 0 atom stereocenters. The summed E-state index contributed by atoms with van der Waals surface area (Å²) in [5.74, 6) is 1.62. The molecule has 1 rings (SSSR count). The Labute approximate surface area is 107 Å². The maximum atomic E-state index is 11.4. The van der Waals surface area contributed by atoms with Gasteiger partial charge in [-0.3, -0.25) is 9.63 Å². The van der Waals surface area contributed by atoms with Crippen LogP contribution in [0, 0.1) is 5.92 Å². The van der Waals surface area contributed by atoms with Gasteiger partial charge in [0.05, 0.1) is 12.4 Å². The Kier molecular flexibility index (Phi) is 6.74. The lowest BCUT2D eigenvalue weighted by Crippen LogP contribution is -2.27. The highest BCUT2D eigenvalue weighted by molar-refractivity contribution is 7.99.